The van der Waals surface area contributed by atoms with E-state index in [1.54, 1.807) is 0 Å². The van der Waals surface area contributed by atoms with E-state index in [-0.39, 0.29) is 0 Å². The average Bonchev–Trinajstić information content (AvgIpc) is 2.70. The van der Waals surface area contributed by atoms with E-state index in [1.165, 1.54) is 0 Å². The molecule has 0 fully saturated rings. The van der Waals surface area contributed by atoms with Gasteiger partial charge in [0.05, 0.1) is 0 Å². The van der Waals surface area contributed by atoms with E-state index in [9.17, 15) is 4.79 Å². The smallest absolute Gasteiger partial charge is 0.407 e. The lowest BCUT2D eigenvalue weighted by Gasteiger charge is -2.19. The zero-order valence-corrected chi connectivity index (χ0v) is 19.0. The van der Waals surface area contributed by atoms with Gasteiger partial charge < -0.3 is 14.8 Å². The fraction of sp³-hybridized carbons (Fsp3) is 0.240. The fourth-order valence-electron chi connectivity index (χ4n) is 2.91. The van der Waals surface area contributed by atoms with Crippen LogP contribution in [0.25, 0.3) is 11.1 Å². The van der Waals surface area contributed by atoms with Crippen molar-refractivity contribution in [2.75, 3.05) is 0 Å². The summed E-state index contributed by atoms with van der Waals surface area (Å²) in [5.74, 6) is 0.824. The molecule has 0 heterocycles. The van der Waals surface area contributed by atoms with Gasteiger partial charge >= 0.3 is 6.09 Å². The van der Waals surface area contributed by atoms with Crippen molar-refractivity contribution >= 4 is 22.0 Å². The van der Waals surface area contributed by atoms with Crippen LogP contribution in [0.3, 0.4) is 0 Å². The molecule has 0 saturated carbocycles. The van der Waals surface area contributed by atoms with E-state index in [0.717, 1.165) is 32.5 Å². The molecule has 0 saturated heterocycles. The molecule has 156 valence electrons. The van der Waals surface area contributed by atoms with Crippen molar-refractivity contribution in [3.63, 3.8) is 0 Å². The average molecular weight is 468 g/mol. The maximum absolute atomic E-state index is 11.9. The summed E-state index contributed by atoms with van der Waals surface area (Å²) in [6.07, 6.45) is -0.417. The summed E-state index contributed by atoms with van der Waals surface area (Å²) in [4.78, 5) is 11.9. The molecule has 30 heavy (non-hydrogen) atoms. The molecule has 3 aromatic rings. The summed E-state index contributed by atoms with van der Waals surface area (Å²) in [5, 5.41) is 2.80. The van der Waals surface area contributed by atoms with Crippen LogP contribution < -0.4 is 10.1 Å². The van der Waals surface area contributed by atoms with Crippen LogP contribution in [0, 0.1) is 0 Å². The quantitative estimate of drug-likeness (QED) is 0.437. The van der Waals surface area contributed by atoms with Crippen LogP contribution in [0.5, 0.6) is 5.75 Å². The summed E-state index contributed by atoms with van der Waals surface area (Å²) >= 11 is 3.46. The van der Waals surface area contributed by atoms with Crippen molar-refractivity contribution in [2.45, 2.75) is 39.5 Å². The summed E-state index contributed by atoms with van der Waals surface area (Å²) in [7, 11) is 0. The molecule has 0 aliphatic rings. The van der Waals surface area contributed by atoms with Crippen molar-refractivity contribution < 1.29 is 14.3 Å². The molecule has 0 aromatic heterocycles. The molecule has 0 bridgehead atoms. The lowest BCUT2D eigenvalue weighted by molar-refractivity contribution is 0.0523. The molecule has 0 spiro atoms. The zero-order chi connectivity index (χ0) is 21.6. The van der Waals surface area contributed by atoms with Gasteiger partial charge in [-0.25, -0.2) is 4.79 Å². The monoisotopic (exact) mass is 467 g/mol. The Bertz CT molecular complexity index is 1010. The molecule has 5 heteroatoms. The summed E-state index contributed by atoms with van der Waals surface area (Å²) in [6, 6.07) is 24.2. The Morgan fingerprint density at radius 1 is 0.900 bits per heavy atom. The molecule has 0 atom stereocenters. The first-order chi connectivity index (χ1) is 14.3. The Morgan fingerprint density at radius 2 is 1.53 bits per heavy atom. The molecule has 0 aliphatic heterocycles. The third-order valence-corrected chi connectivity index (χ3v) is 4.72. The summed E-state index contributed by atoms with van der Waals surface area (Å²) in [6.45, 7) is 6.44. The molecule has 1 amide bonds. The molecule has 0 unspecified atom stereocenters. The normalized spacial score (nSPS) is 11.1. The van der Waals surface area contributed by atoms with Gasteiger partial charge in [-0.15, -0.1) is 0 Å². The van der Waals surface area contributed by atoms with Gasteiger partial charge in [0.15, 0.2) is 0 Å². The van der Waals surface area contributed by atoms with E-state index >= 15 is 0 Å². The van der Waals surface area contributed by atoms with Gasteiger partial charge in [0.2, 0.25) is 0 Å². The van der Waals surface area contributed by atoms with Crippen molar-refractivity contribution in [3.8, 4) is 16.9 Å². The lowest BCUT2D eigenvalue weighted by atomic mass is 10.0. The molecule has 3 rings (SSSR count). The number of carbonyl (C=O) groups excluding carboxylic acids is 1. The number of carbonyl (C=O) groups is 1. The molecule has 0 aliphatic carbocycles. The van der Waals surface area contributed by atoms with Crippen LogP contribution in [-0.2, 0) is 17.9 Å². The van der Waals surface area contributed by atoms with Crippen LogP contribution in [0.4, 0.5) is 4.79 Å². The minimum atomic E-state index is -0.510. The number of hydrogen-bond donors (Lipinski definition) is 1. The van der Waals surface area contributed by atoms with Crippen molar-refractivity contribution in [3.05, 3.63) is 88.4 Å². The van der Waals surface area contributed by atoms with Gasteiger partial charge in [-0.2, -0.15) is 0 Å². The number of rotatable bonds is 6. The molecule has 3 aromatic carbocycles. The van der Waals surface area contributed by atoms with E-state index < -0.39 is 11.7 Å². The van der Waals surface area contributed by atoms with Crippen LogP contribution in [0.1, 0.15) is 31.9 Å². The maximum Gasteiger partial charge on any atom is 0.407 e. The van der Waals surface area contributed by atoms with Gasteiger partial charge in [0.1, 0.15) is 18.0 Å². The molecular weight excluding hydrogens is 442 g/mol. The van der Waals surface area contributed by atoms with E-state index in [4.69, 9.17) is 9.47 Å². The number of alkyl carbamates (subject to hydrolysis) is 1. The van der Waals surface area contributed by atoms with Crippen molar-refractivity contribution in [2.24, 2.45) is 0 Å². The Morgan fingerprint density at radius 3 is 2.20 bits per heavy atom. The highest BCUT2D eigenvalue weighted by Crippen LogP contribution is 2.23. The molecule has 0 radical (unpaired) electrons. The SMILES string of the molecule is CC(C)(C)OC(=O)NCc1cccc(-c2cccc(COc3cccc(Br)c3)c2)c1. The van der Waals surface area contributed by atoms with Crippen LogP contribution in [-0.4, -0.2) is 11.7 Å². The van der Waals surface area contributed by atoms with Gasteiger partial charge in [0.25, 0.3) is 0 Å². The second kappa shape index (κ2) is 9.81. The third kappa shape index (κ3) is 6.92. The van der Waals surface area contributed by atoms with Gasteiger partial charge in [-0.05, 0) is 73.4 Å². The van der Waals surface area contributed by atoms with Crippen LogP contribution in [0.2, 0.25) is 0 Å². The number of benzene rings is 3. The van der Waals surface area contributed by atoms with Gasteiger partial charge in [-0.1, -0.05) is 58.4 Å². The first kappa shape index (κ1) is 21.9. The molecule has 1 N–H and O–H groups in total. The van der Waals surface area contributed by atoms with Crippen molar-refractivity contribution in [1.82, 2.24) is 5.32 Å². The van der Waals surface area contributed by atoms with Gasteiger partial charge in [0, 0.05) is 11.0 Å². The van der Waals surface area contributed by atoms with Crippen LogP contribution >= 0.6 is 15.9 Å². The maximum atomic E-state index is 11.9. The number of hydrogen-bond acceptors (Lipinski definition) is 3. The first-order valence-electron chi connectivity index (χ1n) is 9.82. The number of nitrogens with one attached hydrogen (secondary N) is 1. The highest BCUT2D eigenvalue weighted by Gasteiger charge is 2.15. The van der Waals surface area contributed by atoms with E-state index in [0.29, 0.717) is 13.2 Å². The third-order valence-electron chi connectivity index (χ3n) is 4.22. The Hall–Kier alpha value is -2.79. The van der Waals surface area contributed by atoms with E-state index in [2.05, 4.69) is 51.6 Å². The second-order valence-electron chi connectivity index (χ2n) is 8.00. The summed E-state index contributed by atoms with van der Waals surface area (Å²) in [5.41, 5.74) is 3.77. The Kier molecular flexibility index (Phi) is 7.16. The first-order valence-corrected chi connectivity index (χ1v) is 10.6. The van der Waals surface area contributed by atoms with Gasteiger partial charge in [-0.3, -0.25) is 0 Å². The fourth-order valence-corrected chi connectivity index (χ4v) is 3.29. The molecule has 4 nitrogen and oxygen atoms in total. The predicted molar refractivity (Wildman–Crippen MR) is 123 cm³/mol. The zero-order valence-electron chi connectivity index (χ0n) is 17.4. The van der Waals surface area contributed by atoms with E-state index in [1.807, 2.05) is 63.2 Å². The minimum absolute atomic E-state index is 0.411. The number of halogens is 1. The predicted octanol–water partition coefficient (Wildman–Crippen LogP) is 6.72. The standard InChI is InChI=1S/C25H26BrNO3/c1-25(2,3)30-24(28)27-16-18-7-4-9-20(13-18)21-10-5-8-19(14-21)17-29-23-12-6-11-22(26)15-23/h4-15H,16-17H2,1-3H3,(H,27,28). The Labute approximate surface area is 186 Å². The van der Waals surface area contributed by atoms with Crippen LogP contribution in [0.15, 0.2) is 77.3 Å². The Balaban J connectivity index is 1.65. The largest absolute Gasteiger partial charge is 0.489 e. The molecular formula is C25H26BrNO3. The lowest BCUT2D eigenvalue weighted by Crippen LogP contribution is -2.32. The second-order valence-corrected chi connectivity index (χ2v) is 8.92. The minimum Gasteiger partial charge on any atom is -0.489 e. The van der Waals surface area contributed by atoms with Crippen molar-refractivity contribution in [1.29, 1.82) is 0 Å². The highest BCUT2D eigenvalue weighted by molar-refractivity contribution is 9.10. The highest BCUT2D eigenvalue weighted by atomic mass is 79.9. The summed E-state index contributed by atoms with van der Waals surface area (Å²) < 4.78 is 12.2. The number of amides is 1. The number of ether oxygens (including phenoxy) is 2. The topological polar surface area (TPSA) is 47.6 Å².